The lowest BCUT2D eigenvalue weighted by atomic mass is 10.1. The molecule has 0 spiro atoms. The summed E-state index contributed by atoms with van der Waals surface area (Å²) in [6, 6.07) is 8.86. The molecule has 0 bridgehead atoms. The van der Waals surface area contributed by atoms with Crippen molar-refractivity contribution in [2.24, 2.45) is 7.05 Å². The van der Waals surface area contributed by atoms with Gasteiger partial charge in [-0.05, 0) is 0 Å². The maximum absolute atomic E-state index is 11.8. The Balaban J connectivity index is 1.95. The number of hydrogen-bond acceptors (Lipinski definition) is 3. The van der Waals surface area contributed by atoms with Crippen molar-refractivity contribution in [2.75, 3.05) is 6.54 Å². The summed E-state index contributed by atoms with van der Waals surface area (Å²) in [6.45, 7) is -0.0198. The van der Waals surface area contributed by atoms with Crippen LogP contribution in [0.1, 0.15) is 20.8 Å². The number of carbonyl (C=O) groups excluding carboxylic acids is 2. The number of hydrogen-bond donors (Lipinski definition) is 1. The fourth-order valence-corrected chi connectivity index (χ4v) is 1.55. The first kappa shape index (κ1) is 12.0. The first-order chi connectivity index (χ1) is 8.68. The Morgan fingerprint density at radius 2 is 2.00 bits per heavy atom. The molecule has 1 aromatic carbocycles. The standard InChI is InChI=1S/C13H13N3O2/c1-16-9-14-7-11(16)13(18)15-8-12(17)10-5-3-2-4-6-10/h2-7,9H,8H2,1H3,(H,15,18). The summed E-state index contributed by atoms with van der Waals surface area (Å²) >= 11 is 0. The molecular weight excluding hydrogens is 230 g/mol. The SMILES string of the molecule is Cn1cncc1C(=O)NCC(=O)c1ccccc1. The van der Waals surface area contributed by atoms with Crippen molar-refractivity contribution >= 4 is 11.7 Å². The maximum Gasteiger partial charge on any atom is 0.269 e. The molecule has 5 heteroatoms. The summed E-state index contributed by atoms with van der Waals surface area (Å²) in [5, 5.41) is 2.57. The Kier molecular flexibility index (Phi) is 3.52. The quantitative estimate of drug-likeness (QED) is 0.816. The first-order valence-corrected chi connectivity index (χ1v) is 5.51. The van der Waals surface area contributed by atoms with E-state index in [1.807, 2.05) is 6.07 Å². The van der Waals surface area contributed by atoms with Gasteiger partial charge in [0.2, 0.25) is 0 Å². The Hall–Kier alpha value is -2.43. The van der Waals surface area contributed by atoms with Gasteiger partial charge in [0.15, 0.2) is 5.78 Å². The molecule has 18 heavy (non-hydrogen) atoms. The molecule has 1 aromatic heterocycles. The second-order valence-electron chi connectivity index (χ2n) is 3.86. The molecular formula is C13H13N3O2. The molecule has 2 rings (SSSR count). The summed E-state index contributed by atoms with van der Waals surface area (Å²) < 4.78 is 1.60. The van der Waals surface area contributed by atoms with E-state index in [4.69, 9.17) is 0 Å². The van der Waals surface area contributed by atoms with E-state index in [9.17, 15) is 9.59 Å². The van der Waals surface area contributed by atoms with Gasteiger partial charge in [0.25, 0.3) is 5.91 Å². The van der Waals surface area contributed by atoms with Crippen LogP contribution in [0.25, 0.3) is 0 Å². The highest BCUT2D eigenvalue weighted by Crippen LogP contribution is 2.00. The van der Waals surface area contributed by atoms with Crippen molar-refractivity contribution in [2.45, 2.75) is 0 Å². The monoisotopic (exact) mass is 243 g/mol. The maximum atomic E-state index is 11.8. The number of benzene rings is 1. The van der Waals surface area contributed by atoms with E-state index < -0.39 is 0 Å². The molecule has 1 heterocycles. The number of Topliss-reactive ketones (excluding diaryl/α,β-unsaturated/α-hetero) is 1. The normalized spacial score (nSPS) is 10.1. The van der Waals surface area contributed by atoms with E-state index in [-0.39, 0.29) is 18.2 Å². The van der Waals surface area contributed by atoms with Crippen molar-refractivity contribution in [1.29, 1.82) is 0 Å². The Morgan fingerprint density at radius 1 is 1.28 bits per heavy atom. The molecule has 0 radical (unpaired) electrons. The van der Waals surface area contributed by atoms with Gasteiger partial charge in [-0.25, -0.2) is 4.98 Å². The van der Waals surface area contributed by atoms with E-state index in [0.29, 0.717) is 11.3 Å². The van der Waals surface area contributed by atoms with Crippen LogP contribution in [-0.4, -0.2) is 27.8 Å². The molecule has 0 saturated carbocycles. The van der Waals surface area contributed by atoms with Crippen LogP contribution in [0.5, 0.6) is 0 Å². The van der Waals surface area contributed by atoms with Crippen LogP contribution in [0.4, 0.5) is 0 Å². The summed E-state index contributed by atoms with van der Waals surface area (Å²) in [7, 11) is 1.72. The average molecular weight is 243 g/mol. The molecule has 0 atom stereocenters. The molecule has 2 aromatic rings. The summed E-state index contributed by atoms with van der Waals surface area (Å²) in [6.07, 6.45) is 3.00. The third-order valence-corrected chi connectivity index (χ3v) is 2.55. The van der Waals surface area contributed by atoms with E-state index in [2.05, 4.69) is 10.3 Å². The Bertz CT molecular complexity index is 561. The van der Waals surface area contributed by atoms with Crippen molar-refractivity contribution in [3.05, 3.63) is 54.1 Å². The highest BCUT2D eigenvalue weighted by Gasteiger charge is 2.11. The topological polar surface area (TPSA) is 64.0 Å². The number of aryl methyl sites for hydroxylation is 1. The summed E-state index contributed by atoms with van der Waals surface area (Å²) in [5.41, 5.74) is 1.01. The van der Waals surface area contributed by atoms with E-state index >= 15 is 0 Å². The molecule has 0 aliphatic carbocycles. The number of imidazole rings is 1. The zero-order valence-corrected chi connectivity index (χ0v) is 9.96. The fourth-order valence-electron chi connectivity index (χ4n) is 1.55. The minimum Gasteiger partial charge on any atom is -0.343 e. The van der Waals surface area contributed by atoms with Gasteiger partial charge in [0, 0.05) is 12.6 Å². The Labute approximate surface area is 104 Å². The zero-order valence-electron chi connectivity index (χ0n) is 9.96. The van der Waals surface area contributed by atoms with Gasteiger partial charge in [0.05, 0.1) is 19.1 Å². The van der Waals surface area contributed by atoms with Crippen LogP contribution in [0.3, 0.4) is 0 Å². The van der Waals surface area contributed by atoms with Crippen molar-refractivity contribution in [3.63, 3.8) is 0 Å². The van der Waals surface area contributed by atoms with Crippen molar-refractivity contribution < 1.29 is 9.59 Å². The lowest BCUT2D eigenvalue weighted by Crippen LogP contribution is -2.30. The van der Waals surface area contributed by atoms with Gasteiger partial charge in [-0.15, -0.1) is 0 Å². The number of rotatable bonds is 4. The third-order valence-electron chi connectivity index (χ3n) is 2.55. The van der Waals surface area contributed by atoms with Crippen LogP contribution >= 0.6 is 0 Å². The molecule has 5 nitrogen and oxygen atoms in total. The lowest BCUT2D eigenvalue weighted by Gasteiger charge is -2.04. The second kappa shape index (κ2) is 5.27. The van der Waals surface area contributed by atoms with Gasteiger partial charge in [-0.2, -0.15) is 0 Å². The summed E-state index contributed by atoms with van der Waals surface area (Å²) in [4.78, 5) is 27.3. The molecule has 1 N–H and O–H groups in total. The molecule has 92 valence electrons. The minimum atomic E-state index is -0.306. The van der Waals surface area contributed by atoms with Crippen LogP contribution in [0, 0.1) is 0 Å². The molecule has 0 aliphatic rings. The molecule has 0 fully saturated rings. The van der Waals surface area contributed by atoms with Crippen LogP contribution in [-0.2, 0) is 7.05 Å². The van der Waals surface area contributed by atoms with Crippen molar-refractivity contribution in [3.8, 4) is 0 Å². The number of nitrogens with one attached hydrogen (secondary N) is 1. The summed E-state index contributed by atoms with van der Waals surface area (Å²) in [5.74, 6) is -0.426. The second-order valence-corrected chi connectivity index (χ2v) is 3.86. The number of amides is 1. The number of aromatic nitrogens is 2. The fraction of sp³-hybridized carbons (Fsp3) is 0.154. The zero-order chi connectivity index (χ0) is 13.0. The molecule has 0 aliphatic heterocycles. The predicted octanol–water partition coefficient (Wildman–Crippen LogP) is 1.03. The number of carbonyl (C=O) groups is 2. The highest BCUT2D eigenvalue weighted by atomic mass is 16.2. The van der Waals surface area contributed by atoms with E-state index in [1.165, 1.54) is 12.5 Å². The number of ketones is 1. The minimum absolute atomic E-state index is 0.0198. The van der Waals surface area contributed by atoms with Gasteiger partial charge < -0.3 is 9.88 Å². The van der Waals surface area contributed by atoms with Crippen LogP contribution in [0.2, 0.25) is 0 Å². The molecule has 1 amide bonds. The van der Waals surface area contributed by atoms with Gasteiger partial charge in [-0.1, -0.05) is 30.3 Å². The lowest BCUT2D eigenvalue weighted by molar-refractivity contribution is 0.0898. The number of nitrogens with zero attached hydrogens (tertiary/aromatic N) is 2. The van der Waals surface area contributed by atoms with Crippen LogP contribution < -0.4 is 5.32 Å². The molecule has 0 unspecified atom stereocenters. The van der Waals surface area contributed by atoms with E-state index in [0.717, 1.165) is 0 Å². The van der Waals surface area contributed by atoms with Crippen LogP contribution in [0.15, 0.2) is 42.9 Å². The average Bonchev–Trinajstić information content (AvgIpc) is 2.83. The third kappa shape index (κ3) is 2.63. The van der Waals surface area contributed by atoms with Gasteiger partial charge in [-0.3, -0.25) is 9.59 Å². The smallest absolute Gasteiger partial charge is 0.269 e. The first-order valence-electron chi connectivity index (χ1n) is 5.51. The van der Waals surface area contributed by atoms with Gasteiger partial charge in [0.1, 0.15) is 5.69 Å². The van der Waals surface area contributed by atoms with Crippen molar-refractivity contribution in [1.82, 2.24) is 14.9 Å². The largest absolute Gasteiger partial charge is 0.343 e. The molecule has 0 saturated heterocycles. The predicted molar refractivity (Wildman–Crippen MR) is 66.3 cm³/mol. The van der Waals surface area contributed by atoms with E-state index in [1.54, 1.807) is 35.9 Å². The Morgan fingerprint density at radius 3 is 2.61 bits per heavy atom. The highest BCUT2D eigenvalue weighted by molar-refractivity contribution is 6.01. The van der Waals surface area contributed by atoms with Gasteiger partial charge >= 0.3 is 0 Å².